The molecule has 9 heteroatoms. The molecule has 2 aromatic rings. The van der Waals surface area contributed by atoms with Crippen molar-refractivity contribution in [2.75, 3.05) is 6.61 Å². The van der Waals surface area contributed by atoms with Crippen molar-refractivity contribution >= 4 is 59.9 Å². The number of phenols is 1. The fourth-order valence-electron chi connectivity index (χ4n) is 1.73. The lowest BCUT2D eigenvalue weighted by molar-refractivity contribution is 0.0954. The van der Waals surface area contributed by atoms with E-state index in [-0.39, 0.29) is 11.7 Å². The molecule has 2 N–H and O–H groups in total. The summed E-state index contributed by atoms with van der Waals surface area (Å²) in [5.74, 6) is -0.0827. The molecular weight excluding hydrogens is 510 g/mol. The van der Waals surface area contributed by atoms with Gasteiger partial charge in [-0.25, -0.2) is 5.43 Å². The van der Waals surface area contributed by atoms with Crippen LogP contribution in [0.25, 0.3) is 0 Å². The van der Waals surface area contributed by atoms with Gasteiger partial charge < -0.3 is 9.84 Å². The number of aromatic hydroxyl groups is 1. The van der Waals surface area contributed by atoms with Crippen molar-refractivity contribution < 1.29 is 14.6 Å². The second-order valence-corrected chi connectivity index (χ2v) is 6.97. The molecule has 0 radical (unpaired) electrons. The number of pyridine rings is 1. The zero-order valence-electron chi connectivity index (χ0n) is 12.4. The van der Waals surface area contributed by atoms with Gasteiger partial charge in [-0.15, -0.1) is 0 Å². The third kappa shape index (κ3) is 4.55. The van der Waals surface area contributed by atoms with Crippen molar-refractivity contribution in [3.63, 3.8) is 0 Å². The summed E-state index contributed by atoms with van der Waals surface area (Å²) in [6.45, 7) is 2.22. The Bertz CT molecular complexity index is 797. The number of carbonyl (C=O) groups is 1. The molecule has 6 nitrogen and oxygen atoms in total. The highest BCUT2D eigenvalue weighted by atomic mass is 79.9. The summed E-state index contributed by atoms with van der Waals surface area (Å²) >= 11 is 9.88. The number of carbonyl (C=O) groups excluding carboxylic acids is 1. The van der Waals surface area contributed by atoms with Crippen LogP contribution in [0, 0.1) is 0 Å². The predicted molar refractivity (Wildman–Crippen MR) is 102 cm³/mol. The van der Waals surface area contributed by atoms with Gasteiger partial charge >= 0.3 is 0 Å². The van der Waals surface area contributed by atoms with Gasteiger partial charge in [-0.2, -0.15) is 5.10 Å². The standard InChI is InChI=1S/C15H12Br3N3O3/c1-2-24-11-4-8(12(17)13(18)14(11)22)6-20-21-15(23)9-3-10(16)7-19-5-9/h3-7,22H,2H2,1H3,(H,21,23). The molecule has 1 heterocycles. The number of ether oxygens (including phenoxy) is 1. The summed E-state index contributed by atoms with van der Waals surface area (Å²) in [5, 5.41) is 13.9. The van der Waals surface area contributed by atoms with E-state index in [4.69, 9.17) is 4.74 Å². The average molecular weight is 522 g/mol. The monoisotopic (exact) mass is 519 g/mol. The van der Waals surface area contributed by atoms with E-state index >= 15 is 0 Å². The molecule has 1 aromatic heterocycles. The molecule has 1 amide bonds. The Morgan fingerprint density at radius 1 is 1.33 bits per heavy atom. The van der Waals surface area contributed by atoms with Crippen molar-refractivity contribution in [2.24, 2.45) is 5.10 Å². The molecule has 0 aliphatic rings. The molecule has 0 bridgehead atoms. The van der Waals surface area contributed by atoms with Gasteiger partial charge in [0.05, 0.1) is 22.9 Å². The number of hydrazone groups is 1. The normalized spacial score (nSPS) is 10.8. The lowest BCUT2D eigenvalue weighted by atomic mass is 10.2. The first-order valence-corrected chi connectivity index (χ1v) is 9.09. The quantitative estimate of drug-likeness (QED) is 0.455. The van der Waals surface area contributed by atoms with Crippen LogP contribution in [-0.2, 0) is 0 Å². The summed E-state index contributed by atoms with van der Waals surface area (Å²) in [6, 6.07) is 3.25. The first kappa shape index (κ1) is 18.9. The maximum absolute atomic E-state index is 12.0. The second-order valence-electron chi connectivity index (χ2n) is 4.46. The Kier molecular flexibility index (Phi) is 6.76. The van der Waals surface area contributed by atoms with E-state index in [1.54, 1.807) is 18.3 Å². The van der Waals surface area contributed by atoms with Crippen molar-refractivity contribution in [1.29, 1.82) is 0 Å². The van der Waals surface area contributed by atoms with Crippen molar-refractivity contribution in [3.05, 3.63) is 49.1 Å². The largest absolute Gasteiger partial charge is 0.503 e. The van der Waals surface area contributed by atoms with E-state index < -0.39 is 0 Å². The van der Waals surface area contributed by atoms with Crippen molar-refractivity contribution in [1.82, 2.24) is 10.4 Å². The van der Waals surface area contributed by atoms with Crippen LogP contribution in [0.1, 0.15) is 22.8 Å². The van der Waals surface area contributed by atoms with Crippen LogP contribution in [0.2, 0.25) is 0 Å². The minimum Gasteiger partial charge on any atom is -0.503 e. The number of hydrogen-bond acceptors (Lipinski definition) is 5. The van der Waals surface area contributed by atoms with E-state index in [2.05, 4.69) is 63.3 Å². The van der Waals surface area contributed by atoms with Gasteiger partial charge in [-0.05, 0) is 66.8 Å². The van der Waals surface area contributed by atoms with Crippen LogP contribution in [0.3, 0.4) is 0 Å². The molecule has 0 aliphatic heterocycles. The van der Waals surface area contributed by atoms with E-state index in [1.807, 2.05) is 6.92 Å². The number of nitrogens with zero attached hydrogens (tertiary/aromatic N) is 2. The molecule has 0 saturated heterocycles. The molecule has 126 valence electrons. The highest BCUT2D eigenvalue weighted by Crippen LogP contribution is 2.41. The van der Waals surface area contributed by atoms with E-state index in [0.717, 1.165) is 0 Å². The van der Waals surface area contributed by atoms with Crippen LogP contribution >= 0.6 is 47.8 Å². The molecule has 1 aromatic carbocycles. The van der Waals surface area contributed by atoms with Gasteiger partial charge in [0.2, 0.25) is 0 Å². The number of halogens is 3. The van der Waals surface area contributed by atoms with Crippen LogP contribution in [0.4, 0.5) is 0 Å². The number of hydrogen-bond donors (Lipinski definition) is 2. The third-order valence-corrected chi connectivity index (χ3v) is 5.40. The van der Waals surface area contributed by atoms with E-state index in [1.165, 1.54) is 12.4 Å². The number of phenolic OH excluding ortho intramolecular Hbond substituents is 1. The maximum atomic E-state index is 12.0. The lowest BCUT2D eigenvalue weighted by Crippen LogP contribution is -2.17. The zero-order chi connectivity index (χ0) is 17.7. The molecule has 0 fully saturated rings. The smallest absolute Gasteiger partial charge is 0.272 e. The molecule has 0 spiro atoms. The van der Waals surface area contributed by atoms with Gasteiger partial charge in [0.25, 0.3) is 5.91 Å². The SMILES string of the molecule is CCOc1cc(C=NNC(=O)c2cncc(Br)c2)c(Br)c(Br)c1O. The lowest BCUT2D eigenvalue weighted by Gasteiger charge is -2.10. The Morgan fingerprint density at radius 2 is 2.08 bits per heavy atom. The number of nitrogens with one attached hydrogen (secondary N) is 1. The number of benzene rings is 1. The molecule has 0 atom stereocenters. The third-order valence-electron chi connectivity index (χ3n) is 2.81. The molecule has 0 aliphatic carbocycles. The summed E-state index contributed by atoms with van der Waals surface area (Å²) in [7, 11) is 0. The Hall–Kier alpha value is -1.45. The maximum Gasteiger partial charge on any atom is 0.272 e. The van der Waals surface area contributed by atoms with Crippen LogP contribution in [-0.4, -0.2) is 28.8 Å². The molecule has 0 saturated carbocycles. The Labute approximate surface area is 163 Å². The molecular formula is C15H12Br3N3O3. The van der Waals surface area contributed by atoms with Gasteiger partial charge in [-0.1, -0.05) is 0 Å². The van der Waals surface area contributed by atoms with Crippen LogP contribution < -0.4 is 10.2 Å². The van der Waals surface area contributed by atoms with Crippen molar-refractivity contribution in [3.8, 4) is 11.5 Å². The van der Waals surface area contributed by atoms with Gasteiger partial charge in [-0.3, -0.25) is 9.78 Å². The van der Waals surface area contributed by atoms with E-state index in [9.17, 15) is 9.90 Å². The molecule has 2 rings (SSSR count). The predicted octanol–water partition coefficient (Wildman–Crippen LogP) is 4.24. The minimum absolute atomic E-state index is 0.00915. The first-order chi connectivity index (χ1) is 11.4. The fraction of sp³-hybridized carbons (Fsp3) is 0.133. The highest BCUT2D eigenvalue weighted by molar-refractivity contribution is 9.13. The zero-order valence-corrected chi connectivity index (χ0v) is 17.1. The Balaban J connectivity index is 2.18. The minimum atomic E-state index is -0.390. The van der Waals surface area contributed by atoms with Gasteiger partial charge in [0, 0.05) is 26.9 Å². The van der Waals surface area contributed by atoms with Crippen LogP contribution in [0.5, 0.6) is 11.5 Å². The number of aromatic nitrogens is 1. The van der Waals surface area contributed by atoms with Crippen molar-refractivity contribution in [2.45, 2.75) is 6.92 Å². The number of rotatable bonds is 5. The average Bonchev–Trinajstić information content (AvgIpc) is 2.56. The Morgan fingerprint density at radius 3 is 2.75 bits per heavy atom. The number of amides is 1. The highest BCUT2D eigenvalue weighted by Gasteiger charge is 2.14. The molecule has 0 unspecified atom stereocenters. The summed E-state index contributed by atoms with van der Waals surface area (Å²) in [6.07, 6.45) is 4.47. The molecule has 24 heavy (non-hydrogen) atoms. The summed E-state index contributed by atoms with van der Waals surface area (Å²) in [4.78, 5) is 15.9. The summed E-state index contributed by atoms with van der Waals surface area (Å²) in [5.41, 5.74) is 3.42. The van der Waals surface area contributed by atoms with Gasteiger partial charge in [0.1, 0.15) is 0 Å². The topological polar surface area (TPSA) is 83.8 Å². The fourth-order valence-corrected chi connectivity index (χ4v) is 2.93. The van der Waals surface area contributed by atoms with Crippen LogP contribution in [0.15, 0.2) is 43.0 Å². The van der Waals surface area contributed by atoms with Gasteiger partial charge in [0.15, 0.2) is 11.5 Å². The van der Waals surface area contributed by atoms with E-state index in [0.29, 0.717) is 36.9 Å². The second kappa shape index (κ2) is 8.59. The summed E-state index contributed by atoms with van der Waals surface area (Å²) < 4.78 is 7.09. The first-order valence-electron chi connectivity index (χ1n) is 6.71.